The lowest BCUT2D eigenvalue weighted by atomic mass is 10.0. The number of nitrogens with one attached hydrogen (secondary N) is 3. The van der Waals surface area contributed by atoms with Crippen LogP contribution in [-0.4, -0.2) is 58.1 Å². The molecule has 234 valence electrons. The van der Waals surface area contributed by atoms with E-state index in [0.717, 1.165) is 11.1 Å². The van der Waals surface area contributed by atoms with Crippen molar-refractivity contribution in [3.63, 3.8) is 0 Å². The Morgan fingerprint density at radius 2 is 1.76 bits per heavy atom. The molecule has 45 heavy (non-hydrogen) atoms. The number of thiazole rings is 1. The van der Waals surface area contributed by atoms with Gasteiger partial charge in [0.2, 0.25) is 11.8 Å². The number of aromatic nitrogens is 2. The van der Waals surface area contributed by atoms with Crippen LogP contribution in [0.2, 0.25) is 0 Å². The maximum atomic E-state index is 13.5. The van der Waals surface area contributed by atoms with Crippen molar-refractivity contribution in [1.29, 1.82) is 0 Å². The molecule has 0 fully saturated rings. The van der Waals surface area contributed by atoms with E-state index < -0.39 is 29.8 Å². The zero-order valence-corrected chi connectivity index (χ0v) is 25.8. The number of hydrogen-bond donors (Lipinski definition) is 4. The molecule has 4 amide bonds. The van der Waals surface area contributed by atoms with Crippen molar-refractivity contribution in [2.75, 3.05) is 19.6 Å². The number of benzene rings is 2. The largest absolute Gasteiger partial charge is 0.446 e. The lowest BCUT2D eigenvalue weighted by Gasteiger charge is -2.25. The molecule has 0 saturated heterocycles. The van der Waals surface area contributed by atoms with Crippen LogP contribution >= 0.6 is 11.3 Å². The Balaban J connectivity index is 1.46. The van der Waals surface area contributed by atoms with Gasteiger partial charge in [0.05, 0.1) is 12.6 Å². The van der Waals surface area contributed by atoms with Gasteiger partial charge in [-0.1, -0.05) is 56.3 Å². The van der Waals surface area contributed by atoms with Crippen molar-refractivity contribution in [3.8, 4) is 0 Å². The number of hydrogen-bond acceptors (Lipinski definition) is 9. The van der Waals surface area contributed by atoms with Gasteiger partial charge in [0.25, 0.3) is 17.7 Å². The Morgan fingerprint density at radius 3 is 2.47 bits per heavy atom. The summed E-state index contributed by atoms with van der Waals surface area (Å²) >= 11 is 1.26. The second kappa shape index (κ2) is 14.3. The molecule has 13 heteroatoms. The number of nitrogens with two attached hydrogens (primary N) is 1. The molecular weight excluding hydrogens is 594 g/mol. The van der Waals surface area contributed by atoms with Crippen molar-refractivity contribution in [1.82, 2.24) is 30.8 Å². The smallest absolute Gasteiger partial charge is 0.273 e. The molecule has 4 aromatic rings. The Bertz CT molecular complexity index is 1650. The molecule has 3 heterocycles. The van der Waals surface area contributed by atoms with Crippen LogP contribution in [0.4, 0.5) is 0 Å². The predicted molar refractivity (Wildman–Crippen MR) is 167 cm³/mol. The first-order valence-corrected chi connectivity index (χ1v) is 15.5. The average molecular weight is 630 g/mol. The van der Waals surface area contributed by atoms with Gasteiger partial charge in [-0.15, -0.1) is 11.3 Å². The number of oxazole rings is 1. The Kier molecular flexibility index (Phi) is 10.0. The normalized spacial score (nSPS) is 18.0. The van der Waals surface area contributed by atoms with E-state index in [1.807, 2.05) is 44.2 Å². The quantitative estimate of drug-likeness (QED) is 0.261. The van der Waals surface area contributed by atoms with E-state index in [2.05, 4.69) is 25.9 Å². The van der Waals surface area contributed by atoms with Gasteiger partial charge >= 0.3 is 0 Å². The predicted octanol–water partition coefficient (Wildman–Crippen LogP) is 3.00. The molecule has 0 spiro atoms. The van der Waals surface area contributed by atoms with Crippen LogP contribution < -0.4 is 21.7 Å². The van der Waals surface area contributed by atoms with Crippen LogP contribution in [0.25, 0.3) is 0 Å². The maximum absolute atomic E-state index is 13.5. The van der Waals surface area contributed by atoms with Crippen molar-refractivity contribution in [2.45, 2.75) is 38.9 Å². The van der Waals surface area contributed by atoms with Crippen LogP contribution in [0.1, 0.15) is 79.3 Å². The highest BCUT2D eigenvalue weighted by Gasteiger charge is 2.28. The number of carbonyl (C=O) groups is 4. The van der Waals surface area contributed by atoms with Crippen molar-refractivity contribution >= 4 is 35.0 Å². The SMILES string of the molecule is CC(C)[C@@H]1NC(=O)CN(C(=O)c2ccc(CN)cc2)CCNC(=O)c2coc(n2)[C@H](Cc2ccccc2)NC(=O)c2csc1n2. The van der Waals surface area contributed by atoms with Gasteiger partial charge in [0.15, 0.2) is 5.69 Å². The van der Waals surface area contributed by atoms with Crippen LogP contribution in [-0.2, 0) is 17.8 Å². The van der Waals surface area contributed by atoms with Gasteiger partial charge in [-0.25, -0.2) is 9.97 Å². The van der Waals surface area contributed by atoms with Crippen molar-refractivity contribution < 1.29 is 23.6 Å². The van der Waals surface area contributed by atoms with Gasteiger partial charge in [-0.3, -0.25) is 19.2 Å². The molecular formula is C32H35N7O5S. The summed E-state index contributed by atoms with van der Waals surface area (Å²) in [4.78, 5) is 63.6. The van der Waals surface area contributed by atoms with Gasteiger partial charge in [0, 0.05) is 37.0 Å². The third kappa shape index (κ3) is 7.80. The molecule has 0 saturated carbocycles. The van der Waals surface area contributed by atoms with Crippen molar-refractivity contribution in [2.24, 2.45) is 11.7 Å². The molecule has 12 nitrogen and oxygen atoms in total. The zero-order chi connectivity index (χ0) is 31.9. The Labute approximate surface area is 264 Å². The summed E-state index contributed by atoms with van der Waals surface area (Å²) in [5, 5.41) is 10.9. The molecule has 2 aromatic heterocycles. The third-order valence-corrected chi connectivity index (χ3v) is 8.30. The molecule has 4 bridgehead atoms. The standard InChI is InChI=1S/C32H35N7O5S/c1-19(2)27-31-37-25(18-45-31)29(42)35-23(14-20-6-4-3-5-7-20)30-36-24(17-44-30)28(41)34-12-13-39(16-26(40)38-27)32(43)22-10-8-21(15-33)9-11-22/h3-11,17-19,23,27H,12-16,33H2,1-2H3,(H,34,41)(H,35,42)(H,38,40)/t23-,27-/m0/s1. The zero-order valence-electron chi connectivity index (χ0n) is 25.0. The van der Waals surface area contributed by atoms with E-state index >= 15 is 0 Å². The van der Waals surface area contributed by atoms with Gasteiger partial charge in [-0.2, -0.15) is 0 Å². The van der Waals surface area contributed by atoms with Crippen LogP contribution in [0, 0.1) is 5.92 Å². The third-order valence-electron chi connectivity index (χ3n) is 7.37. The van der Waals surface area contributed by atoms with E-state index in [1.165, 1.54) is 22.5 Å². The fourth-order valence-corrected chi connectivity index (χ4v) is 5.91. The van der Waals surface area contributed by atoms with E-state index in [-0.39, 0.29) is 48.7 Å². The first-order valence-electron chi connectivity index (χ1n) is 14.6. The highest BCUT2D eigenvalue weighted by molar-refractivity contribution is 7.09. The first kappa shape index (κ1) is 31.5. The van der Waals surface area contributed by atoms with Gasteiger partial charge in [0.1, 0.15) is 23.0 Å². The fraction of sp³-hybridized carbons (Fsp3) is 0.312. The van der Waals surface area contributed by atoms with E-state index in [0.29, 0.717) is 23.5 Å². The van der Waals surface area contributed by atoms with Gasteiger partial charge < -0.3 is 31.0 Å². The van der Waals surface area contributed by atoms with E-state index in [9.17, 15) is 19.2 Å². The van der Waals surface area contributed by atoms with Crippen molar-refractivity contribution in [3.05, 3.63) is 105 Å². The number of carbonyl (C=O) groups excluding carboxylic acids is 4. The second-order valence-corrected chi connectivity index (χ2v) is 11.9. The molecule has 5 rings (SSSR count). The summed E-state index contributed by atoms with van der Waals surface area (Å²) in [6, 6.07) is 15.2. The minimum absolute atomic E-state index is 0.0159. The summed E-state index contributed by atoms with van der Waals surface area (Å²) in [6.07, 6.45) is 1.59. The molecule has 0 unspecified atom stereocenters. The van der Waals surface area contributed by atoms with Gasteiger partial charge in [-0.05, 0) is 29.2 Å². The lowest BCUT2D eigenvalue weighted by molar-refractivity contribution is -0.122. The Morgan fingerprint density at radius 1 is 1.00 bits per heavy atom. The topological polar surface area (TPSA) is 173 Å². The number of fused-ring (bicyclic) bond motifs is 4. The van der Waals surface area contributed by atoms with Crippen LogP contribution in [0.15, 0.2) is 70.7 Å². The molecule has 0 radical (unpaired) electrons. The summed E-state index contributed by atoms with van der Waals surface area (Å²) in [5.74, 6) is -1.65. The summed E-state index contributed by atoms with van der Waals surface area (Å²) in [6.45, 7) is 4.05. The monoisotopic (exact) mass is 629 g/mol. The maximum Gasteiger partial charge on any atom is 0.273 e. The molecule has 1 aliphatic rings. The Hall–Kier alpha value is -4.88. The van der Waals surface area contributed by atoms with E-state index in [4.69, 9.17) is 10.2 Å². The second-order valence-electron chi connectivity index (χ2n) is 11.0. The molecule has 0 aliphatic carbocycles. The average Bonchev–Trinajstić information content (AvgIpc) is 3.74. The summed E-state index contributed by atoms with van der Waals surface area (Å²) < 4.78 is 5.69. The minimum atomic E-state index is -0.690. The van der Waals surface area contributed by atoms with Crippen LogP contribution in [0.5, 0.6) is 0 Å². The number of nitrogens with zero attached hydrogens (tertiary/aromatic N) is 3. The summed E-state index contributed by atoms with van der Waals surface area (Å²) in [7, 11) is 0. The highest BCUT2D eigenvalue weighted by atomic mass is 32.1. The highest BCUT2D eigenvalue weighted by Crippen LogP contribution is 2.26. The number of amides is 4. The van der Waals surface area contributed by atoms with Crippen LogP contribution in [0.3, 0.4) is 0 Å². The minimum Gasteiger partial charge on any atom is -0.446 e. The molecule has 1 aliphatic heterocycles. The molecule has 5 N–H and O–H groups in total. The molecule has 2 aromatic carbocycles. The summed E-state index contributed by atoms with van der Waals surface area (Å²) in [5.41, 5.74) is 8.07. The first-order chi connectivity index (χ1) is 21.7. The lowest BCUT2D eigenvalue weighted by Crippen LogP contribution is -2.45. The molecule has 2 atom stereocenters. The fourth-order valence-electron chi connectivity index (χ4n) is 4.89. The number of rotatable bonds is 5. The van der Waals surface area contributed by atoms with E-state index in [1.54, 1.807) is 29.6 Å².